The zero-order chi connectivity index (χ0) is 14.9. The van der Waals surface area contributed by atoms with Crippen LogP contribution in [0.4, 0.5) is 5.69 Å². The van der Waals surface area contributed by atoms with Crippen molar-refractivity contribution in [3.8, 4) is 0 Å². The molecule has 1 aliphatic rings. The minimum absolute atomic E-state index is 0.133. The van der Waals surface area contributed by atoms with Crippen LogP contribution in [0.3, 0.4) is 0 Å². The molecule has 1 fully saturated rings. The Balaban J connectivity index is 1.79. The first-order chi connectivity index (χ1) is 10.1. The number of hydrogen-bond acceptors (Lipinski definition) is 4. The number of para-hydroxylation sites is 1. The number of aromatic nitrogens is 1. The van der Waals surface area contributed by atoms with E-state index >= 15 is 0 Å². The molecule has 0 unspecified atom stereocenters. The summed E-state index contributed by atoms with van der Waals surface area (Å²) >= 11 is 0. The molecule has 3 rings (SSSR count). The van der Waals surface area contributed by atoms with Crippen LogP contribution >= 0.6 is 0 Å². The highest BCUT2D eigenvalue weighted by molar-refractivity contribution is 5.98. The zero-order valence-corrected chi connectivity index (χ0v) is 12.3. The third-order valence-corrected chi connectivity index (χ3v) is 3.79. The molecule has 0 radical (unpaired) electrons. The van der Waals surface area contributed by atoms with Crippen LogP contribution in [0.2, 0.25) is 0 Å². The first-order valence-corrected chi connectivity index (χ1v) is 7.06. The second kappa shape index (κ2) is 5.42. The molecule has 110 valence electrons. The van der Waals surface area contributed by atoms with Crippen LogP contribution in [-0.4, -0.2) is 48.1 Å². The van der Waals surface area contributed by atoms with Crippen LogP contribution in [0.5, 0.6) is 0 Å². The molecular formula is C16H19N3O2. The molecule has 1 atom stereocenters. The Kier molecular flexibility index (Phi) is 3.61. The molecule has 1 aliphatic heterocycles. The smallest absolute Gasteiger partial charge is 0.257 e. The van der Waals surface area contributed by atoms with E-state index in [1.165, 1.54) is 0 Å². The van der Waals surface area contributed by atoms with E-state index in [1.54, 1.807) is 6.20 Å². The van der Waals surface area contributed by atoms with Gasteiger partial charge in [-0.1, -0.05) is 18.2 Å². The number of benzene rings is 1. The fourth-order valence-electron chi connectivity index (χ4n) is 2.61. The lowest BCUT2D eigenvalue weighted by atomic mass is 10.0. The molecule has 1 aromatic heterocycles. The summed E-state index contributed by atoms with van der Waals surface area (Å²) in [6.45, 7) is 3.82. The van der Waals surface area contributed by atoms with Gasteiger partial charge in [-0.2, -0.15) is 0 Å². The average Bonchev–Trinajstić information content (AvgIpc) is 2.47. The number of hydrogen-bond donors (Lipinski definition) is 1. The standard InChI is InChI=1S/C16H19N3O2/c1-16(11-19(2)7-8-21-16)15(20)18-13-9-12-5-3-4-6-14(12)17-10-13/h3-6,9-10H,7-8,11H2,1-2H3,(H,18,20)/t16-/m0/s1. The Morgan fingerprint density at radius 2 is 2.24 bits per heavy atom. The van der Waals surface area contributed by atoms with Gasteiger partial charge in [-0.15, -0.1) is 0 Å². The molecule has 0 bridgehead atoms. The van der Waals surface area contributed by atoms with Crippen LogP contribution in [0, 0.1) is 0 Å². The lowest BCUT2D eigenvalue weighted by Gasteiger charge is -2.37. The van der Waals surface area contributed by atoms with Crippen LogP contribution in [0.25, 0.3) is 10.9 Å². The quantitative estimate of drug-likeness (QED) is 0.915. The monoisotopic (exact) mass is 285 g/mol. The molecule has 5 heteroatoms. The van der Waals surface area contributed by atoms with Crippen molar-refractivity contribution in [1.29, 1.82) is 0 Å². The summed E-state index contributed by atoms with van der Waals surface area (Å²) in [6, 6.07) is 9.75. The molecule has 21 heavy (non-hydrogen) atoms. The van der Waals surface area contributed by atoms with E-state index in [0.717, 1.165) is 17.4 Å². The van der Waals surface area contributed by atoms with Gasteiger partial charge in [0, 0.05) is 18.5 Å². The Hall–Kier alpha value is -1.98. The maximum atomic E-state index is 12.5. The molecule has 1 aromatic carbocycles. The number of carbonyl (C=O) groups excluding carboxylic acids is 1. The number of morpholine rings is 1. The number of anilines is 1. The second-order valence-corrected chi connectivity index (χ2v) is 5.69. The van der Waals surface area contributed by atoms with Gasteiger partial charge in [0.2, 0.25) is 0 Å². The van der Waals surface area contributed by atoms with E-state index in [1.807, 2.05) is 44.3 Å². The summed E-state index contributed by atoms with van der Waals surface area (Å²) in [5, 5.41) is 3.91. The third-order valence-electron chi connectivity index (χ3n) is 3.79. The van der Waals surface area contributed by atoms with Gasteiger partial charge in [0.15, 0.2) is 5.60 Å². The number of carbonyl (C=O) groups is 1. The third kappa shape index (κ3) is 2.89. The van der Waals surface area contributed by atoms with Gasteiger partial charge in [0.25, 0.3) is 5.91 Å². The summed E-state index contributed by atoms with van der Waals surface area (Å²) in [5.74, 6) is -0.133. The predicted octanol–water partition coefficient (Wildman–Crippen LogP) is 1.89. The zero-order valence-electron chi connectivity index (χ0n) is 12.3. The number of rotatable bonds is 2. The van der Waals surface area contributed by atoms with Gasteiger partial charge in [0.1, 0.15) is 0 Å². The van der Waals surface area contributed by atoms with Gasteiger partial charge in [-0.3, -0.25) is 9.78 Å². The van der Waals surface area contributed by atoms with E-state index in [4.69, 9.17) is 4.74 Å². The minimum Gasteiger partial charge on any atom is -0.363 e. The second-order valence-electron chi connectivity index (χ2n) is 5.69. The Morgan fingerprint density at radius 1 is 1.43 bits per heavy atom. The summed E-state index contributed by atoms with van der Waals surface area (Å²) < 4.78 is 5.68. The molecule has 0 spiro atoms. The highest BCUT2D eigenvalue weighted by Gasteiger charge is 2.38. The maximum absolute atomic E-state index is 12.5. The molecule has 2 aromatic rings. The Morgan fingerprint density at radius 3 is 3.05 bits per heavy atom. The Bertz CT molecular complexity index is 673. The van der Waals surface area contributed by atoms with E-state index in [9.17, 15) is 4.79 Å². The number of ether oxygens (including phenoxy) is 1. The SMILES string of the molecule is CN1CCO[C@](C)(C(=O)Nc2cnc3ccccc3c2)C1. The number of nitrogens with one attached hydrogen (secondary N) is 1. The average molecular weight is 285 g/mol. The van der Waals surface area contributed by atoms with E-state index in [0.29, 0.717) is 18.8 Å². The van der Waals surface area contributed by atoms with Crippen molar-refractivity contribution in [2.24, 2.45) is 0 Å². The van der Waals surface area contributed by atoms with Crippen molar-refractivity contribution < 1.29 is 9.53 Å². The normalized spacial score (nSPS) is 23.1. The molecule has 1 N–H and O–H groups in total. The number of amides is 1. The predicted molar refractivity (Wildman–Crippen MR) is 82.2 cm³/mol. The minimum atomic E-state index is -0.821. The molecule has 1 amide bonds. The summed E-state index contributed by atoms with van der Waals surface area (Å²) in [5.41, 5.74) is 0.783. The number of fused-ring (bicyclic) bond motifs is 1. The fraction of sp³-hybridized carbons (Fsp3) is 0.375. The van der Waals surface area contributed by atoms with Gasteiger partial charge in [-0.25, -0.2) is 0 Å². The topological polar surface area (TPSA) is 54.5 Å². The van der Waals surface area contributed by atoms with Crippen molar-refractivity contribution in [3.05, 3.63) is 36.5 Å². The lowest BCUT2D eigenvalue weighted by molar-refractivity contribution is -0.149. The summed E-state index contributed by atoms with van der Waals surface area (Å²) in [7, 11) is 1.99. The van der Waals surface area contributed by atoms with E-state index in [-0.39, 0.29) is 5.91 Å². The van der Waals surface area contributed by atoms with Crippen LogP contribution in [0.15, 0.2) is 36.5 Å². The number of pyridine rings is 1. The van der Waals surface area contributed by atoms with Gasteiger partial charge >= 0.3 is 0 Å². The van der Waals surface area contributed by atoms with Crippen LogP contribution in [0.1, 0.15) is 6.92 Å². The maximum Gasteiger partial charge on any atom is 0.257 e. The Labute approximate surface area is 123 Å². The van der Waals surface area contributed by atoms with Gasteiger partial charge in [0.05, 0.1) is 24.0 Å². The summed E-state index contributed by atoms with van der Waals surface area (Å²) in [6.07, 6.45) is 1.68. The van der Waals surface area contributed by atoms with E-state index < -0.39 is 5.60 Å². The molecular weight excluding hydrogens is 266 g/mol. The van der Waals surface area contributed by atoms with Gasteiger partial charge in [-0.05, 0) is 26.1 Å². The molecule has 0 saturated carbocycles. The number of nitrogens with zero attached hydrogens (tertiary/aromatic N) is 2. The highest BCUT2D eigenvalue weighted by atomic mass is 16.5. The van der Waals surface area contributed by atoms with Crippen LogP contribution < -0.4 is 5.32 Å². The molecule has 5 nitrogen and oxygen atoms in total. The van der Waals surface area contributed by atoms with Crippen molar-refractivity contribution in [2.45, 2.75) is 12.5 Å². The number of likely N-dealkylation sites (N-methyl/N-ethyl adjacent to an activating group) is 1. The van der Waals surface area contributed by atoms with Crippen molar-refractivity contribution in [2.75, 3.05) is 32.1 Å². The van der Waals surface area contributed by atoms with Gasteiger partial charge < -0.3 is 15.0 Å². The summed E-state index contributed by atoms with van der Waals surface area (Å²) in [4.78, 5) is 18.9. The van der Waals surface area contributed by atoms with Crippen LogP contribution in [-0.2, 0) is 9.53 Å². The lowest BCUT2D eigenvalue weighted by Crippen LogP contribution is -2.55. The molecule has 1 saturated heterocycles. The fourth-order valence-corrected chi connectivity index (χ4v) is 2.61. The van der Waals surface area contributed by atoms with E-state index in [2.05, 4.69) is 15.2 Å². The first-order valence-electron chi connectivity index (χ1n) is 7.06. The van der Waals surface area contributed by atoms with Crippen molar-refractivity contribution >= 4 is 22.5 Å². The van der Waals surface area contributed by atoms with Crippen molar-refractivity contribution in [3.63, 3.8) is 0 Å². The van der Waals surface area contributed by atoms with Crippen molar-refractivity contribution in [1.82, 2.24) is 9.88 Å². The first kappa shape index (κ1) is 14.0. The highest BCUT2D eigenvalue weighted by Crippen LogP contribution is 2.21. The molecule has 2 heterocycles. The molecule has 0 aliphatic carbocycles. The largest absolute Gasteiger partial charge is 0.363 e.